The van der Waals surface area contributed by atoms with E-state index < -0.39 is 0 Å². The first-order valence-electron chi connectivity index (χ1n) is 3.83. The average Bonchev–Trinajstić information content (AvgIpc) is 2.07. The Kier molecular flexibility index (Phi) is 4.04. The van der Waals surface area contributed by atoms with Gasteiger partial charge in [-0.15, -0.1) is 0 Å². The van der Waals surface area contributed by atoms with Crippen molar-refractivity contribution in [3.05, 3.63) is 36.0 Å². The fourth-order valence-corrected chi connectivity index (χ4v) is 1.23. The number of aromatic hydroxyl groups is 1. The number of nitrogens with zero attached hydrogens (tertiary/aromatic N) is 1. The number of phenols is 1. The predicted octanol–water partition coefficient (Wildman–Crippen LogP) is 1.60. The fraction of sp³-hybridized carbons (Fsp3) is 0.100. The van der Waals surface area contributed by atoms with Crippen LogP contribution in [0.2, 0.25) is 0 Å². The SMILES string of the molecule is Cc1ccc2cccc(O)c2n1.[RbH]. The van der Waals surface area contributed by atoms with Crippen LogP contribution < -0.4 is 0 Å². The van der Waals surface area contributed by atoms with Gasteiger partial charge in [-0.1, -0.05) is 18.2 Å². The third-order valence-corrected chi connectivity index (χ3v) is 1.84. The molecule has 0 aliphatic heterocycles. The molecule has 0 radical (unpaired) electrons. The van der Waals surface area contributed by atoms with Crippen molar-refractivity contribution in [3.63, 3.8) is 0 Å². The number of aromatic nitrogens is 1. The summed E-state index contributed by atoms with van der Waals surface area (Å²) in [5.41, 5.74) is 1.60. The van der Waals surface area contributed by atoms with Crippen molar-refractivity contribution in [2.24, 2.45) is 0 Å². The quantitative estimate of drug-likeness (QED) is 0.765. The van der Waals surface area contributed by atoms with Gasteiger partial charge in [0, 0.05) is 11.1 Å². The van der Waals surface area contributed by atoms with Crippen molar-refractivity contribution >= 4 is 69.1 Å². The molecule has 0 bridgehead atoms. The molecule has 0 amide bonds. The first-order chi connectivity index (χ1) is 5.77. The molecule has 0 aliphatic carbocycles. The monoisotopic (exact) mass is 245 g/mol. The van der Waals surface area contributed by atoms with Crippen LogP contribution in [0, 0.1) is 6.92 Å². The number of pyridine rings is 1. The second kappa shape index (κ2) is 4.64. The Morgan fingerprint density at radius 3 is 2.69 bits per heavy atom. The second-order valence-corrected chi connectivity index (χ2v) is 2.80. The molecule has 1 aromatic carbocycles. The van der Waals surface area contributed by atoms with Crippen molar-refractivity contribution in [1.82, 2.24) is 4.98 Å². The van der Waals surface area contributed by atoms with Gasteiger partial charge in [-0.3, -0.25) is 0 Å². The zero-order chi connectivity index (χ0) is 8.55. The van der Waals surface area contributed by atoms with Crippen LogP contribution in [-0.2, 0) is 0 Å². The van der Waals surface area contributed by atoms with Crippen LogP contribution in [0.5, 0.6) is 5.75 Å². The summed E-state index contributed by atoms with van der Waals surface area (Å²) in [5, 5.41) is 10.4. The molecule has 0 spiro atoms. The number of para-hydroxylation sites is 1. The third kappa shape index (κ3) is 2.37. The van der Waals surface area contributed by atoms with Crippen molar-refractivity contribution < 1.29 is 5.11 Å². The Bertz CT molecular complexity index is 428. The summed E-state index contributed by atoms with van der Waals surface area (Å²) in [6.07, 6.45) is 0. The van der Waals surface area contributed by atoms with Gasteiger partial charge in [0.2, 0.25) is 0 Å². The molecule has 62 valence electrons. The Morgan fingerprint density at radius 2 is 1.92 bits per heavy atom. The van der Waals surface area contributed by atoms with Gasteiger partial charge in [0.05, 0.1) is 0 Å². The number of aryl methyl sites for hydroxylation is 1. The molecular formula is C10H10NORb. The van der Waals surface area contributed by atoms with Gasteiger partial charge < -0.3 is 5.11 Å². The summed E-state index contributed by atoms with van der Waals surface area (Å²) in [4.78, 5) is 4.23. The van der Waals surface area contributed by atoms with Crippen LogP contribution in [0.4, 0.5) is 0 Å². The fourth-order valence-electron chi connectivity index (χ4n) is 1.23. The molecule has 0 unspecified atom stereocenters. The molecule has 1 heterocycles. The standard InChI is InChI=1S/C10H9NO.Rb.H/c1-7-5-6-8-3-2-4-9(12)10(8)11-7;;/h2-6,12H,1H3;;. The molecule has 0 fully saturated rings. The molecule has 2 nitrogen and oxygen atoms in total. The van der Waals surface area contributed by atoms with Gasteiger partial charge in [-0.25, -0.2) is 4.98 Å². The summed E-state index contributed by atoms with van der Waals surface area (Å²) in [7, 11) is 0. The average molecular weight is 246 g/mol. The Hall–Kier alpha value is 0.235. The number of phenolic OH excluding ortho intramolecular Hbond substituents is 1. The van der Waals surface area contributed by atoms with E-state index >= 15 is 0 Å². The normalized spacial score (nSPS) is 9.62. The van der Waals surface area contributed by atoms with Gasteiger partial charge in [-0.05, 0) is 19.1 Å². The van der Waals surface area contributed by atoms with Crippen LogP contribution in [0.25, 0.3) is 10.9 Å². The minimum atomic E-state index is 0. The van der Waals surface area contributed by atoms with E-state index in [1.165, 1.54) is 0 Å². The van der Waals surface area contributed by atoms with E-state index in [4.69, 9.17) is 0 Å². The van der Waals surface area contributed by atoms with Crippen LogP contribution >= 0.6 is 0 Å². The van der Waals surface area contributed by atoms with Gasteiger partial charge >= 0.3 is 58.2 Å². The van der Waals surface area contributed by atoms with Crippen LogP contribution in [0.15, 0.2) is 30.3 Å². The number of hydrogen-bond donors (Lipinski definition) is 1. The predicted molar refractivity (Wildman–Crippen MR) is 55.3 cm³/mol. The van der Waals surface area contributed by atoms with E-state index in [0.29, 0.717) is 5.52 Å². The topological polar surface area (TPSA) is 33.1 Å². The minimum absolute atomic E-state index is 0. The van der Waals surface area contributed by atoms with Crippen molar-refractivity contribution in [3.8, 4) is 5.75 Å². The van der Waals surface area contributed by atoms with Gasteiger partial charge in [-0.2, -0.15) is 0 Å². The number of fused-ring (bicyclic) bond motifs is 1. The number of benzene rings is 1. The molecule has 0 saturated carbocycles. The van der Waals surface area contributed by atoms with E-state index in [1.807, 2.05) is 31.2 Å². The Morgan fingerprint density at radius 1 is 1.15 bits per heavy atom. The summed E-state index contributed by atoms with van der Waals surface area (Å²) in [6.45, 7) is 1.91. The molecule has 1 N–H and O–H groups in total. The maximum absolute atomic E-state index is 9.43. The van der Waals surface area contributed by atoms with E-state index in [-0.39, 0.29) is 63.9 Å². The Balaban J connectivity index is 0.000000845. The summed E-state index contributed by atoms with van der Waals surface area (Å²) >= 11 is 0. The molecule has 2 rings (SSSR count). The van der Waals surface area contributed by atoms with E-state index in [9.17, 15) is 5.11 Å². The first kappa shape index (κ1) is 11.3. The molecule has 1 aromatic heterocycles. The molecule has 3 heteroatoms. The molecule has 2 aromatic rings. The van der Waals surface area contributed by atoms with Crippen molar-refractivity contribution in [2.75, 3.05) is 0 Å². The Labute approximate surface area is 126 Å². The van der Waals surface area contributed by atoms with E-state index in [2.05, 4.69) is 4.98 Å². The third-order valence-electron chi connectivity index (χ3n) is 1.84. The molecule has 0 aliphatic rings. The summed E-state index contributed by atoms with van der Waals surface area (Å²) < 4.78 is 0. The first-order valence-corrected chi connectivity index (χ1v) is 3.83. The van der Waals surface area contributed by atoms with Crippen molar-refractivity contribution in [2.45, 2.75) is 6.92 Å². The zero-order valence-electron chi connectivity index (χ0n) is 6.78. The zero-order valence-corrected chi connectivity index (χ0v) is 6.78. The second-order valence-electron chi connectivity index (χ2n) is 2.80. The summed E-state index contributed by atoms with van der Waals surface area (Å²) in [5.74, 6) is 0.246. The van der Waals surface area contributed by atoms with E-state index in [1.54, 1.807) is 6.07 Å². The van der Waals surface area contributed by atoms with Crippen LogP contribution in [0.1, 0.15) is 5.69 Å². The van der Waals surface area contributed by atoms with E-state index in [0.717, 1.165) is 11.1 Å². The van der Waals surface area contributed by atoms with Crippen LogP contribution in [0.3, 0.4) is 0 Å². The number of hydrogen-bond acceptors (Lipinski definition) is 2. The van der Waals surface area contributed by atoms with Gasteiger partial charge in [0.1, 0.15) is 11.3 Å². The molecule has 0 saturated heterocycles. The molecule has 0 atom stereocenters. The number of rotatable bonds is 0. The van der Waals surface area contributed by atoms with Crippen molar-refractivity contribution in [1.29, 1.82) is 0 Å². The van der Waals surface area contributed by atoms with Crippen LogP contribution in [-0.4, -0.2) is 68.3 Å². The van der Waals surface area contributed by atoms with Gasteiger partial charge in [0.25, 0.3) is 0 Å². The van der Waals surface area contributed by atoms with Gasteiger partial charge in [0.15, 0.2) is 0 Å². The molecular weight excluding hydrogens is 236 g/mol. The molecule has 13 heavy (non-hydrogen) atoms. The maximum atomic E-state index is 9.43. The summed E-state index contributed by atoms with van der Waals surface area (Å²) in [6, 6.07) is 9.28.